The number of benzene rings is 3. The summed E-state index contributed by atoms with van der Waals surface area (Å²) in [7, 11) is 0. The van der Waals surface area contributed by atoms with Crippen LogP contribution in [0, 0.1) is 0 Å². The molecule has 1 aromatic heterocycles. The molecule has 0 saturated carbocycles. The van der Waals surface area contributed by atoms with Gasteiger partial charge in [0.15, 0.2) is 0 Å². The van der Waals surface area contributed by atoms with Crippen LogP contribution < -0.4 is 4.74 Å². The lowest BCUT2D eigenvalue weighted by Crippen LogP contribution is -2.15. The van der Waals surface area contributed by atoms with E-state index in [1.165, 1.54) is 10.6 Å². The zero-order valence-corrected chi connectivity index (χ0v) is 19.0. The summed E-state index contributed by atoms with van der Waals surface area (Å²) in [6.45, 7) is -0.167. The van der Waals surface area contributed by atoms with Gasteiger partial charge in [-0.2, -0.15) is 26.3 Å². The molecule has 0 saturated heterocycles. The van der Waals surface area contributed by atoms with E-state index in [9.17, 15) is 31.1 Å². The SMILES string of the molecule is O=C(O)C=Cc1cc2cc(OCc3ccccc3)ccc2n1Cc1ccc(C(F)(F)F)cc1C(F)(F)F. The van der Waals surface area contributed by atoms with Crippen LogP contribution in [0.3, 0.4) is 0 Å². The van der Waals surface area contributed by atoms with Crippen LogP contribution in [0.25, 0.3) is 17.0 Å². The van der Waals surface area contributed by atoms with Crippen LogP contribution in [0.2, 0.25) is 0 Å². The van der Waals surface area contributed by atoms with Crippen molar-refractivity contribution >= 4 is 22.9 Å². The number of aliphatic carboxylic acids is 1. The van der Waals surface area contributed by atoms with Gasteiger partial charge in [0.2, 0.25) is 0 Å². The average molecular weight is 519 g/mol. The van der Waals surface area contributed by atoms with E-state index in [1.807, 2.05) is 30.3 Å². The third-order valence-electron chi connectivity index (χ3n) is 5.62. The van der Waals surface area contributed by atoms with Crippen molar-refractivity contribution in [2.45, 2.75) is 25.5 Å². The minimum absolute atomic E-state index is 0.0866. The Morgan fingerprint density at radius 1 is 0.892 bits per heavy atom. The zero-order chi connectivity index (χ0) is 26.8. The van der Waals surface area contributed by atoms with E-state index >= 15 is 0 Å². The van der Waals surface area contributed by atoms with Crippen molar-refractivity contribution in [1.29, 1.82) is 0 Å². The quantitative estimate of drug-likeness (QED) is 0.204. The number of ether oxygens (including phenoxy) is 1. The van der Waals surface area contributed by atoms with E-state index in [1.54, 1.807) is 24.3 Å². The smallest absolute Gasteiger partial charge is 0.416 e. The second kappa shape index (κ2) is 10.0. The average Bonchev–Trinajstić information content (AvgIpc) is 3.17. The molecule has 1 N–H and O–H groups in total. The van der Waals surface area contributed by atoms with Gasteiger partial charge < -0.3 is 14.4 Å². The molecule has 0 radical (unpaired) electrons. The first-order valence-corrected chi connectivity index (χ1v) is 10.9. The molecule has 192 valence electrons. The Morgan fingerprint density at radius 3 is 2.27 bits per heavy atom. The normalized spacial score (nSPS) is 12.4. The van der Waals surface area contributed by atoms with Gasteiger partial charge in [0.1, 0.15) is 12.4 Å². The molecule has 37 heavy (non-hydrogen) atoms. The predicted molar refractivity (Wildman–Crippen MR) is 125 cm³/mol. The Hall–Kier alpha value is -4.21. The third-order valence-corrected chi connectivity index (χ3v) is 5.62. The van der Waals surface area contributed by atoms with Crippen molar-refractivity contribution in [2.24, 2.45) is 0 Å². The molecule has 0 aliphatic carbocycles. The van der Waals surface area contributed by atoms with Crippen LogP contribution in [-0.2, 0) is 30.3 Å². The Balaban J connectivity index is 1.75. The Morgan fingerprint density at radius 2 is 1.62 bits per heavy atom. The molecule has 0 fully saturated rings. The second-order valence-corrected chi connectivity index (χ2v) is 8.19. The van der Waals surface area contributed by atoms with Crippen molar-refractivity contribution in [3.8, 4) is 5.75 Å². The summed E-state index contributed by atoms with van der Waals surface area (Å²) in [5, 5.41) is 9.59. The molecule has 4 nitrogen and oxygen atoms in total. The summed E-state index contributed by atoms with van der Waals surface area (Å²) < 4.78 is 87.5. The van der Waals surface area contributed by atoms with Crippen LogP contribution in [0.4, 0.5) is 26.3 Å². The fraction of sp³-hybridized carbons (Fsp3) is 0.148. The van der Waals surface area contributed by atoms with Crippen LogP contribution in [0.1, 0.15) is 27.9 Å². The fourth-order valence-corrected chi connectivity index (χ4v) is 3.90. The minimum atomic E-state index is -5.03. The topological polar surface area (TPSA) is 51.5 Å². The molecule has 4 rings (SSSR count). The maximum Gasteiger partial charge on any atom is 0.416 e. The highest BCUT2D eigenvalue weighted by Crippen LogP contribution is 2.38. The number of aromatic nitrogens is 1. The van der Waals surface area contributed by atoms with Crippen molar-refractivity contribution in [3.63, 3.8) is 0 Å². The standard InChI is InChI=1S/C27H19F6NO3/c28-26(29,30)20-7-6-18(23(14-20)27(31,32)33)15-34-21(8-11-25(35)36)12-19-13-22(9-10-24(19)34)37-16-17-4-2-1-3-5-17/h1-14H,15-16H2,(H,35,36). The number of alkyl halides is 6. The van der Waals surface area contributed by atoms with Gasteiger partial charge >= 0.3 is 18.3 Å². The lowest BCUT2D eigenvalue weighted by atomic mass is 10.0. The zero-order valence-electron chi connectivity index (χ0n) is 19.0. The lowest BCUT2D eigenvalue weighted by Gasteiger charge is -2.18. The summed E-state index contributed by atoms with van der Waals surface area (Å²) in [6, 6.07) is 17.3. The number of carboxylic acid groups (broad SMARTS) is 1. The van der Waals surface area contributed by atoms with Crippen molar-refractivity contribution in [1.82, 2.24) is 4.57 Å². The van der Waals surface area contributed by atoms with E-state index in [0.29, 0.717) is 22.7 Å². The summed E-state index contributed by atoms with van der Waals surface area (Å²) in [5.41, 5.74) is -1.59. The number of halogens is 6. The van der Waals surface area contributed by atoms with Gasteiger partial charge in [0.25, 0.3) is 0 Å². The first-order valence-electron chi connectivity index (χ1n) is 10.9. The largest absolute Gasteiger partial charge is 0.489 e. The Labute approximate surface area is 207 Å². The molecule has 1 heterocycles. The Bertz CT molecular complexity index is 1450. The van der Waals surface area contributed by atoms with Gasteiger partial charge in [-0.25, -0.2) is 4.79 Å². The van der Waals surface area contributed by atoms with Gasteiger partial charge in [0.05, 0.1) is 11.1 Å². The fourth-order valence-electron chi connectivity index (χ4n) is 3.90. The van der Waals surface area contributed by atoms with Crippen molar-refractivity contribution in [2.75, 3.05) is 0 Å². The first-order chi connectivity index (χ1) is 17.4. The van der Waals surface area contributed by atoms with E-state index in [-0.39, 0.29) is 18.4 Å². The van der Waals surface area contributed by atoms with E-state index in [4.69, 9.17) is 9.84 Å². The van der Waals surface area contributed by atoms with Crippen molar-refractivity contribution in [3.05, 3.63) is 107 Å². The van der Waals surface area contributed by atoms with Gasteiger partial charge in [-0.1, -0.05) is 36.4 Å². The number of rotatable bonds is 7. The number of hydrogen-bond acceptors (Lipinski definition) is 2. The number of hydrogen-bond donors (Lipinski definition) is 1. The summed E-state index contributed by atoms with van der Waals surface area (Å²) in [5.74, 6) is -0.790. The highest BCUT2D eigenvalue weighted by atomic mass is 19.4. The molecule has 10 heteroatoms. The summed E-state index contributed by atoms with van der Waals surface area (Å²) >= 11 is 0. The second-order valence-electron chi connectivity index (χ2n) is 8.19. The molecule has 0 unspecified atom stereocenters. The van der Waals surface area contributed by atoms with Gasteiger partial charge in [-0.3, -0.25) is 0 Å². The van der Waals surface area contributed by atoms with E-state index < -0.39 is 41.6 Å². The number of carbonyl (C=O) groups is 1. The maximum atomic E-state index is 13.7. The number of fused-ring (bicyclic) bond motifs is 1. The number of carboxylic acids is 1. The van der Waals surface area contributed by atoms with E-state index in [0.717, 1.165) is 17.7 Å². The van der Waals surface area contributed by atoms with Crippen LogP contribution in [0.5, 0.6) is 5.75 Å². The lowest BCUT2D eigenvalue weighted by molar-refractivity contribution is -0.143. The molecule has 0 atom stereocenters. The molecule has 0 amide bonds. The molecular formula is C27H19F6NO3. The minimum Gasteiger partial charge on any atom is -0.489 e. The molecule has 3 aromatic carbocycles. The monoisotopic (exact) mass is 519 g/mol. The van der Waals surface area contributed by atoms with E-state index in [2.05, 4.69) is 0 Å². The third kappa shape index (κ3) is 6.14. The summed E-state index contributed by atoms with van der Waals surface area (Å²) in [4.78, 5) is 11.1. The highest BCUT2D eigenvalue weighted by molar-refractivity contribution is 5.89. The molecule has 0 spiro atoms. The first kappa shape index (κ1) is 25.9. The molecular weight excluding hydrogens is 500 g/mol. The number of nitrogens with zero attached hydrogens (tertiary/aromatic N) is 1. The highest BCUT2D eigenvalue weighted by Gasteiger charge is 2.38. The predicted octanol–water partition coefficient (Wildman–Crippen LogP) is 7.40. The van der Waals surface area contributed by atoms with Crippen LogP contribution in [-0.4, -0.2) is 15.6 Å². The van der Waals surface area contributed by atoms with Gasteiger partial charge in [-0.15, -0.1) is 0 Å². The Kier molecular flexibility index (Phi) is 7.02. The van der Waals surface area contributed by atoms with Crippen LogP contribution in [0.15, 0.2) is 78.9 Å². The van der Waals surface area contributed by atoms with Gasteiger partial charge in [0, 0.05) is 29.2 Å². The molecule has 0 bridgehead atoms. The molecule has 0 aliphatic heterocycles. The van der Waals surface area contributed by atoms with Crippen LogP contribution >= 0.6 is 0 Å². The van der Waals surface area contributed by atoms with Gasteiger partial charge in [-0.05, 0) is 53.6 Å². The van der Waals surface area contributed by atoms with Crippen molar-refractivity contribution < 1.29 is 41.0 Å². The molecule has 4 aromatic rings. The maximum absolute atomic E-state index is 13.7. The molecule has 0 aliphatic rings. The summed E-state index contributed by atoms with van der Waals surface area (Å²) in [6.07, 6.45) is -7.93.